The second-order valence-electron chi connectivity index (χ2n) is 8.39. The van der Waals surface area contributed by atoms with E-state index < -0.39 is 0 Å². The molecule has 31 heavy (non-hydrogen) atoms. The number of benzene rings is 2. The number of hydrogen-bond donors (Lipinski definition) is 3. The molecule has 0 bridgehead atoms. The summed E-state index contributed by atoms with van der Waals surface area (Å²) < 4.78 is 0. The minimum Gasteiger partial charge on any atom is -0.371 e. The molecule has 6 nitrogen and oxygen atoms in total. The van der Waals surface area contributed by atoms with Gasteiger partial charge in [-0.1, -0.05) is 19.1 Å². The van der Waals surface area contributed by atoms with Crippen molar-refractivity contribution in [2.24, 2.45) is 0 Å². The third kappa shape index (κ3) is 5.78. The van der Waals surface area contributed by atoms with Gasteiger partial charge in [-0.15, -0.1) is 0 Å². The smallest absolute Gasteiger partial charge is 0.323 e. The number of piperidine rings is 1. The predicted molar refractivity (Wildman–Crippen MR) is 128 cm³/mol. The van der Waals surface area contributed by atoms with Crippen molar-refractivity contribution >= 4 is 29.0 Å². The first-order valence-corrected chi connectivity index (χ1v) is 11.2. The van der Waals surface area contributed by atoms with Crippen molar-refractivity contribution in [3.63, 3.8) is 0 Å². The predicted octanol–water partition coefficient (Wildman–Crippen LogP) is 5.47. The number of nitrogens with zero attached hydrogens (tertiary/aromatic N) is 1. The average Bonchev–Trinajstić information content (AvgIpc) is 2.77. The first kappa shape index (κ1) is 22.7. The Kier molecular flexibility index (Phi) is 7.55. The van der Waals surface area contributed by atoms with Crippen molar-refractivity contribution in [1.29, 1.82) is 0 Å². The molecule has 1 aliphatic heterocycles. The van der Waals surface area contributed by atoms with E-state index in [9.17, 15) is 9.59 Å². The molecular weight excluding hydrogens is 388 g/mol. The van der Waals surface area contributed by atoms with E-state index in [1.165, 1.54) is 6.42 Å². The average molecular weight is 423 g/mol. The first-order valence-electron chi connectivity index (χ1n) is 11.2. The fourth-order valence-electron chi connectivity index (χ4n) is 3.78. The van der Waals surface area contributed by atoms with E-state index in [1.807, 2.05) is 58.0 Å². The molecule has 0 aliphatic carbocycles. The Hall–Kier alpha value is -3.02. The normalized spacial score (nSPS) is 14.6. The first-order chi connectivity index (χ1) is 14.9. The summed E-state index contributed by atoms with van der Waals surface area (Å²) in [7, 11) is 0. The third-order valence-corrected chi connectivity index (χ3v) is 6.04. The quantitative estimate of drug-likeness (QED) is 0.578. The van der Waals surface area contributed by atoms with Gasteiger partial charge in [0.1, 0.15) is 0 Å². The Morgan fingerprint density at radius 1 is 1.03 bits per heavy atom. The Morgan fingerprint density at radius 2 is 1.77 bits per heavy atom. The molecule has 1 heterocycles. The number of carbonyl (C=O) groups is 2. The summed E-state index contributed by atoms with van der Waals surface area (Å²) >= 11 is 0. The van der Waals surface area contributed by atoms with E-state index in [2.05, 4.69) is 20.9 Å². The summed E-state index contributed by atoms with van der Waals surface area (Å²) in [5.41, 5.74) is 5.06. The lowest BCUT2D eigenvalue weighted by molar-refractivity contribution is 0.0939. The fourth-order valence-corrected chi connectivity index (χ4v) is 3.78. The number of urea groups is 1. The maximum absolute atomic E-state index is 13.0. The number of nitrogens with one attached hydrogen (secondary N) is 3. The molecule has 2 aromatic rings. The van der Waals surface area contributed by atoms with Gasteiger partial charge >= 0.3 is 6.03 Å². The molecule has 3 rings (SSSR count). The molecule has 3 amide bonds. The lowest BCUT2D eigenvalue weighted by Gasteiger charge is -2.31. The topological polar surface area (TPSA) is 73.5 Å². The lowest BCUT2D eigenvalue weighted by Crippen LogP contribution is -2.35. The molecule has 2 aromatic carbocycles. The zero-order chi connectivity index (χ0) is 22.4. The molecule has 1 atom stereocenters. The SMILES string of the molecule is CC[C@H](C)NC(=O)c1cc(NC(=O)Nc2cccc(C)c2C)ccc1N1CCCCC1. The van der Waals surface area contributed by atoms with Crippen molar-refractivity contribution in [2.45, 2.75) is 59.4 Å². The van der Waals surface area contributed by atoms with Crippen molar-refractivity contribution in [2.75, 3.05) is 28.6 Å². The van der Waals surface area contributed by atoms with Crippen LogP contribution in [0.25, 0.3) is 0 Å². The van der Waals surface area contributed by atoms with Crippen LogP contribution >= 0.6 is 0 Å². The van der Waals surface area contributed by atoms with Gasteiger partial charge < -0.3 is 20.9 Å². The van der Waals surface area contributed by atoms with Gasteiger partial charge in [0.2, 0.25) is 0 Å². The molecule has 0 saturated carbocycles. The number of aryl methyl sites for hydroxylation is 1. The van der Waals surface area contributed by atoms with E-state index >= 15 is 0 Å². The van der Waals surface area contributed by atoms with Crippen LogP contribution in [0.4, 0.5) is 21.9 Å². The fraction of sp³-hybridized carbons (Fsp3) is 0.440. The number of carbonyl (C=O) groups excluding carboxylic acids is 2. The van der Waals surface area contributed by atoms with E-state index in [0.29, 0.717) is 11.3 Å². The standard InChI is InChI=1S/C25H34N4O2/c1-5-18(3)26-24(30)21-16-20(12-13-23(21)29-14-7-6-8-15-29)27-25(31)28-22-11-9-10-17(2)19(22)4/h9-13,16,18H,5-8,14-15H2,1-4H3,(H,26,30)(H2,27,28,31)/t18-/m0/s1. The Labute approximate surface area is 185 Å². The largest absolute Gasteiger partial charge is 0.371 e. The van der Waals surface area contributed by atoms with Crippen LogP contribution in [0.3, 0.4) is 0 Å². The van der Waals surface area contributed by atoms with Crippen LogP contribution in [0.5, 0.6) is 0 Å². The highest BCUT2D eigenvalue weighted by molar-refractivity contribution is 6.04. The van der Waals surface area contributed by atoms with Crippen molar-refractivity contribution in [3.8, 4) is 0 Å². The van der Waals surface area contributed by atoms with Crippen LogP contribution in [0, 0.1) is 13.8 Å². The highest BCUT2D eigenvalue weighted by Gasteiger charge is 2.20. The second-order valence-corrected chi connectivity index (χ2v) is 8.39. The van der Waals surface area contributed by atoms with Gasteiger partial charge in [-0.3, -0.25) is 4.79 Å². The molecule has 6 heteroatoms. The molecule has 0 unspecified atom stereocenters. The van der Waals surface area contributed by atoms with Crippen LogP contribution < -0.4 is 20.9 Å². The number of amides is 3. The van der Waals surface area contributed by atoms with Gasteiger partial charge in [-0.25, -0.2) is 4.79 Å². The Morgan fingerprint density at radius 3 is 2.48 bits per heavy atom. The summed E-state index contributed by atoms with van der Waals surface area (Å²) in [5.74, 6) is -0.103. The van der Waals surface area contributed by atoms with Crippen LogP contribution in [-0.4, -0.2) is 31.1 Å². The number of rotatable bonds is 6. The zero-order valence-corrected chi connectivity index (χ0v) is 19.0. The van der Waals surface area contributed by atoms with Gasteiger partial charge in [0, 0.05) is 36.2 Å². The van der Waals surface area contributed by atoms with E-state index in [1.54, 1.807) is 6.07 Å². The molecule has 0 aromatic heterocycles. The van der Waals surface area contributed by atoms with Gasteiger partial charge in [-0.05, 0) is 81.8 Å². The highest BCUT2D eigenvalue weighted by Crippen LogP contribution is 2.28. The Bertz CT molecular complexity index is 935. The van der Waals surface area contributed by atoms with Crippen LogP contribution in [0.2, 0.25) is 0 Å². The summed E-state index contributed by atoms with van der Waals surface area (Å²) in [4.78, 5) is 27.9. The van der Waals surface area contributed by atoms with Crippen LogP contribution in [0.15, 0.2) is 36.4 Å². The minimum absolute atomic E-state index is 0.0888. The number of anilines is 3. The van der Waals surface area contributed by atoms with Crippen molar-refractivity contribution in [3.05, 3.63) is 53.1 Å². The van der Waals surface area contributed by atoms with Gasteiger partial charge in [0.15, 0.2) is 0 Å². The minimum atomic E-state index is -0.326. The molecule has 1 aliphatic rings. The molecule has 0 spiro atoms. The highest BCUT2D eigenvalue weighted by atomic mass is 16.2. The van der Waals surface area contributed by atoms with E-state index in [-0.39, 0.29) is 18.0 Å². The Balaban J connectivity index is 1.81. The summed E-state index contributed by atoms with van der Waals surface area (Å²) in [6.07, 6.45) is 4.35. The monoisotopic (exact) mass is 422 g/mol. The summed E-state index contributed by atoms with van der Waals surface area (Å²) in [5, 5.41) is 8.85. The lowest BCUT2D eigenvalue weighted by atomic mass is 10.1. The van der Waals surface area contributed by atoms with E-state index in [4.69, 9.17) is 0 Å². The number of hydrogen-bond acceptors (Lipinski definition) is 3. The maximum atomic E-state index is 13.0. The molecule has 166 valence electrons. The van der Waals surface area contributed by atoms with E-state index in [0.717, 1.165) is 54.9 Å². The molecular formula is C25H34N4O2. The van der Waals surface area contributed by atoms with Gasteiger partial charge in [0.05, 0.1) is 5.56 Å². The molecule has 0 radical (unpaired) electrons. The van der Waals surface area contributed by atoms with Gasteiger partial charge in [-0.2, -0.15) is 0 Å². The zero-order valence-electron chi connectivity index (χ0n) is 19.0. The third-order valence-electron chi connectivity index (χ3n) is 6.04. The summed E-state index contributed by atoms with van der Waals surface area (Å²) in [6, 6.07) is 11.2. The van der Waals surface area contributed by atoms with Crippen LogP contribution in [-0.2, 0) is 0 Å². The molecule has 1 saturated heterocycles. The van der Waals surface area contributed by atoms with Crippen LogP contribution in [0.1, 0.15) is 61.0 Å². The van der Waals surface area contributed by atoms with Gasteiger partial charge in [0.25, 0.3) is 5.91 Å². The summed E-state index contributed by atoms with van der Waals surface area (Å²) in [6.45, 7) is 9.94. The maximum Gasteiger partial charge on any atom is 0.323 e. The second kappa shape index (κ2) is 10.3. The molecule has 3 N–H and O–H groups in total. The molecule has 1 fully saturated rings. The van der Waals surface area contributed by atoms with Crippen molar-refractivity contribution < 1.29 is 9.59 Å². The van der Waals surface area contributed by atoms with Crippen molar-refractivity contribution in [1.82, 2.24) is 5.32 Å².